The largest absolute Gasteiger partial charge is 0.490 e. The van der Waals surface area contributed by atoms with Gasteiger partial charge >= 0.3 is 0 Å². The first-order chi connectivity index (χ1) is 16.0. The van der Waals surface area contributed by atoms with Crippen molar-refractivity contribution in [3.05, 3.63) is 62.9 Å². The van der Waals surface area contributed by atoms with Crippen LogP contribution in [-0.2, 0) is 11.3 Å². The van der Waals surface area contributed by atoms with Crippen molar-refractivity contribution in [2.24, 2.45) is 5.73 Å². The second-order valence-electron chi connectivity index (χ2n) is 8.08. The first-order valence-electron chi connectivity index (χ1n) is 11.3. The van der Waals surface area contributed by atoms with Crippen LogP contribution >= 0.6 is 0 Å². The number of nitriles is 1. The van der Waals surface area contributed by atoms with E-state index in [1.54, 1.807) is 10.6 Å². The number of benzene rings is 1. The molecule has 1 aromatic heterocycles. The molecule has 2 aliphatic rings. The minimum atomic E-state index is -0.746. The lowest BCUT2D eigenvalue weighted by Crippen LogP contribution is -2.35. The lowest BCUT2D eigenvalue weighted by Gasteiger charge is -2.29. The van der Waals surface area contributed by atoms with E-state index in [0.29, 0.717) is 54.7 Å². The van der Waals surface area contributed by atoms with Gasteiger partial charge in [-0.15, -0.1) is 0 Å². The van der Waals surface area contributed by atoms with Crippen LogP contribution < -0.4 is 25.5 Å². The Labute approximate surface area is 193 Å². The van der Waals surface area contributed by atoms with E-state index >= 15 is 0 Å². The number of fused-ring (bicyclic) bond motifs is 1. The number of nitrogens with zero attached hydrogens (tertiary/aromatic N) is 2. The summed E-state index contributed by atoms with van der Waals surface area (Å²) in [5, 5.41) is 9.99. The molecule has 0 radical (unpaired) electrons. The smallest absolute Gasteiger partial charge is 0.258 e. The Morgan fingerprint density at radius 2 is 2.06 bits per heavy atom. The van der Waals surface area contributed by atoms with Gasteiger partial charge in [0, 0.05) is 23.9 Å². The molecule has 0 spiro atoms. The molecular weight excluding hydrogens is 422 g/mol. The third-order valence-electron chi connectivity index (χ3n) is 6.01. The van der Waals surface area contributed by atoms with Crippen LogP contribution in [0.5, 0.6) is 17.2 Å². The first-order valence-corrected chi connectivity index (χ1v) is 11.3. The summed E-state index contributed by atoms with van der Waals surface area (Å²) in [6.45, 7) is 7.61. The average molecular weight is 452 g/mol. The predicted octanol–water partition coefficient (Wildman–Crippen LogP) is 3.35. The molecule has 0 amide bonds. The van der Waals surface area contributed by atoms with Crippen molar-refractivity contribution >= 4 is 0 Å². The Balaban J connectivity index is 1.94. The maximum Gasteiger partial charge on any atom is 0.258 e. The van der Waals surface area contributed by atoms with Gasteiger partial charge in [0.1, 0.15) is 17.4 Å². The van der Waals surface area contributed by atoms with E-state index < -0.39 is 5.92 Å². The third-order valence-corrected chi connectivity index (χ3v) is 6.01. The number of nitrogens with two attached hydrogens (primary N) is 1. The topological polar surface area (TPSA) is 109 Å². The van der Waals surface area contributed by atoms with Crippen molar-refractivity contribution in [1.29, 1.82) is 5.26 Å². The number of aryl methyl sites for hydroxylation is 1. The van der Waals surface area contributed by atoms with Crippen LogP contribution in [0.3, 0.4) is 0 Å². The van der Waals surface area contributed by atoms with Crippen LogP contribution in [0.1, 0.15) is 49.4 Å². The summed E-state index contributed by atoms with van der Waals surface area (Å²) in [5.41, 5.74) is 7.84. The molecule has 174 valence electrons. The van der Waals surface area contributed by atoms with E-state index in [9.17, 15) is 10.1 Å². The molecule has 8 nitrogen and oxygen atoms in total. The van der Waals surface area contributed by atoms with Crippen LogP contribution in [0, 0.1) is 18.3 Å². The lowest BCUT2D eigenvalue weighted by atomic mass is 9.83. The maximum absolute atomic E-state index is 13.8. The average Bonchev–Trinajstić information content (AvgIpc) is 3.30. The fourth-order valence-electron chi connectivity index (χ4n) is 4.54. The summed E-state index contributed by atoms with van der Waals surface area (Å²) in [6, 6.07) is 9.42. The highest BCUT2D eigenvalue weighted by Crippen LogP contribution is 2.46. The molecule has 33 heavy (non-hydrogen) atoms. The third kappa shape index (κ3) is 4.16. The quantitative estimate of drug-likeness (QED) is 0.688. The molecule has 0 aliphatic carbocycles. The number of pyridine rings is 1. The van der Waals surface area contributed by atoms with Gasteiger partial charge in [0.15, 0.2) is 11.5 Å². The lowest BCUT2D eigenvalue weighted by molar-refractivity contribution is 0.0954. The number of rotatable bonds is 7. The van der Waals surface area contributed by atoms with Crippen molar-refractivity contribution in [3.8, 4) is 23.3 Å². The van der Waals surface area contributed by atoms with Gasteiger partial charge in [-0.1, -0.05) is 12.1 Å². The van der Waals surface area contributed by atoms with Crippen molar-refractivity contribution < 1.29 is 18.9 Å². The highest BCUT2D eigenvalue weighted by molar-refractivity contribution is 5.60. The molecule has 8 heteroatoms. The summed E-state index contributed by atoms with van der Waals surface area (Å²) >= 11 is 0. The van der Waals surface area contributed by atoms with Gasteiger partial charge in [-0.2, -0.15) is 5.26 Å². The summed E-state index contributed by atoms with van der Waals surface area (Å²) < 4.78 is 25.0. The Kier molecular flexibility index (Phi) is 6.61. The molecule has 0 saturated carbocycles. The molecule has 1 saturated heterocycles. The Bertz CT molecular complexity index is 1170. The Morgan fingerprint density at radius 1 is 1.27 bits per heavy atom. The van der Waals surface area contributed by atoms with Gasteiger partial charge < -0.3 is 29.2 Å². The molecule has 2 aromatic rings. The van der Waals surface area contributed by atoms with Crippen LogP contribution in [0.4, 0.5) is 0 Å². The summed E-state index contributed by atoms with van der Waals surface area (Å²) in [4.78, 5) is 13.8. The van der Waals surface area contributed by atoms with E-state index in [-0.39, 0.29) is 23.1 Å². The molecule has 2 aliphatic heterocycles. The second kappa shape index (κ2) is 9.59. The minimum Gasteiger partial charge on any atom is -0.490 e. The van der Waals surface area contributed by atoms with E-state index in [2.05, 4.69) is 6.07 Å². The maximum atomic E-state index is 13.8. The Hall–Kier alpha value is -3.44. The van der Waals surface area contributed by atoms with Crippen LogP contribution in [0.2, 0.25) is 0 Å². The van der Waals surface area contributed by atoms with Gasteiger partial charge in [0.2, 0.25) is 5.88 Å². The van der Waals surface area contributed by atoms with E-state index in [1.165, 1.54) is 0 Å². The van der Waals surface area contributed by atoms with Crippen molar-refractivity contribution in [2.75, 3.05) is 19.8 Å². The minimum absolute atomic E-state index is 0.0151. The van der Waals surface area contributed by atoms with Gasteiger partial charge in [0.25, 0.3) is 5.56 Å². The second-order valence-corrected chi connectivity index (χ2v) is 8.08. The van der Waals surface area contributed by atoms with Gasteiger partial charge in [-0.05, 0) is 39.7 Å². The first kappa shape index (κ1) is 22.7. The number of hydrogen-bond donors (Lipinski definition) is 1. The van der Waals surface area contributed by atoms with Crippen molar-refractivity contribution in [3.63, 3.8) is 0 Å². The van der Waals surface area contributed by atoms with Gasteiger partial charge in [0.05, 0.1) is 37.3 Å². The number of para-hydroxylation sites is 1. The van der Waals surface area contributed by atoms with E-state index in [1.807, 2.05) is 39.0 Å². The fraction of sp³-hybridized carbons (Fsp3) is 0.440. The van der Waals surface area contributed by atoms with Crippen LogP contribution in [-0.4, -0.2) is 30.5 Å². The molecule has 1 aromatic carbocycles. The van der Waals surface area contributed by atoms with Crippen LogP contribution in [0.25, 0.3) is 0 Å². The summed E-state index contributed by atoms with van der Waals surface area (Å²) in [5.74, 6) is 0.629. The van der Waals surface area contributed by atoms with Crippen molar-refractivity contribution in [2.45, 2.75) is 52.2 Å². The highest BCUT2D eigenvalue weighted by atomic mass is 16.5. The molecule has 2 atom stereocenters. The number of allylic oxidation sites excluding steroid dienone is 1. The number of ether oxygens (including phenoxy) is 4. The molecule has 2 unspecified atom stereocenters. The Morgan fingerprint density at radius 3 is 2.73 bits per heavy atom. The van der Waals surface area contributed by atoms with E-state index in [0.717, 1.165) is 18.5 Å². The molecule has 1 fully saturated rings. The molecular formula is C25H29N3O5. The zero-order valence-corrected chi connectivity index (χ0v) is 19.2. The zero-order chi connectivity index (χ0) is 23.5. The highest BCUT2D eigenvalue weighted by Gasteiger charge is 2.37. The van der Waals surface area contributed by atoms with Crippen LogP contribution in [0.15, 0.2) is 40.5 Å². The number of hydrogen-bond acceptors (Lipinski definition) is 7. The fourth-order valence-corrected chi connectivity index (χ4v) is 4.54. The molecule has 4 rings (SSSR count). The summed E-state index contributed by atoms with van der Waals surface area (Å²) in [6.07, 6.45) is 1.87. The summed E-state index contributed by atoms with van der Waals surface area (Å²) in [7, 11) is 0. The molecule has 0 bridgehead atoms. The SMILES string of the molecule is CCOc1cccc(C2C(C#N)=C(N)Oc3cc(C)n(CC4CCCO4)c(=O)c32)c1OCC. The predicted molar refractivity (Wildman–Crippen MR) is 122 cm³/mol. The molecule has 3 heterocycles. The normalized spacial score (nSPS) is 19.6. The number of aromatic nitrogens is 1. The zero-order valence-electron chi connectivity index (χ0n) is 19.2. The van der Waals surface area contributed by atoms with Gasteiger partial charge in [-0.25, -0.2) is 0 Å². The monoisotopic (exact) mass is 451 g/mol. The molecule has 2 N–H and O–H groups in total. The van der Waals surface area contributed by atoms with Crippen molar-refractivity contribution in [1.82, 2.24) is 4.57 Å². The van der Waals surface area contributed by atoms with Gasteiger partial charge in [-0.3, -0.25) is 4.79 Å². The standard InChI is InChI=1S/C25H29N3O5/c1-4-30-19-10-6-9-17(23(19)31-5-2)21-18(13-26)24(27)33-20-12-15(3)28(25(29)22(20)21)14-16-8-7-11-32-16/h6,9-10,12,16,21H,4-5,7-8,11,14,27H2,1-3H3. The van der Waals surface area contributed by atoms with E-state index in [4.69, 9.17) is 24.7 Å².